The average Bonchev–Trinajstić information content (AvgIpc) is 2.35. The highest BCUT2D eigenvalue weighted by atomic mass is 35.5. The number of hydrogen-bond donors (Lipinski definition) is 0. The number of hydrogen-bond acceptors (Lipinski definition) is 3. The second kappa shape index (κ2) is 5.24. The molecule has 1 saturated heterocycles. The minimum Gasteiger partial charge on any atom is -0.296 e. The van der Waals surface area contributed by atoms with Crippen LogP contribution in [0.1, 0.15) is 30.4 Å². The minimum absolute atomic E-state index is 0. The van der Waals surface area contributed by atoms with Crippen LogP contribution in [-0.2, 0) is 13.0 Å². The molecule has 2 aliphatic heterocycles. The van der Waals surface area contributed by atoms with Crippen LogP contribution < -0.4 is 0 Å². The lowest BCUT2D eigenvalue weighted by molar-refractivity contribution is -0.385. The van der Waals surface area contributed by atoms with Crippen molar-refractivity contribution in [2.45, 2.75) is 38.3 Å². The van der Waals surface area contributed by atoms with E-state index in [0.717, 1.165) is 25.1 Å². The van der Waals surface area contributed by atoms with Crippen LogP contribution in [0.2, 0.25) is 0 Å². The lowest BCUT2D eigenvalue weighted by Crippen LogP contribution is -2.43. The summed E-state index contributed by atoms with van der Waals surface area (Å²) in [5.74, 6) is 0. The standard InChI is InChI=1S/C13H16N2O2.ClH/c16-15(17)13-5-4-10-7-12-3-1-2-6-14(12)9-11(10)8-13;/h4-5,8,12H,1-3,6-7,9H2;1H. The molecule has 1 unspecified atom stereocenters. The molecule has 0 bridgehead atoms. The molecule has 0 aromatic heterocycles. The molecular formula is C13H17ClN2O2. The van der Waals surface area contributed by atoms with Crippen molar-refractivity contribution >= 4 is 18.1 Å². The third kappa shape index (κ3) is 2.35. The fraction of sp³-hybridized carbons (Fsp3) is 0.538. The van der Waals surface area contributed by atoms with Gasteiger partial charge < -0.3 is 0 Å². The maximum absolute atomic E-state index is 10.8. The van der Waals surface area contributed by atoms with Gasteiger partial charge in [-0.05, 0) is 36.9 Å². The Bertz CT molecular complexity index is 464. The summed E-state index contributed by atoms with van der Waals surface area (Å²) in [4.78, 5) is 12.9. The van der Waals surface area contributed by atoms with Crippen LogP contribution in [0, 0.1) is 10.1 Å². The van der Waals surface area contributed by atoms with Gasteiger partial charge in [-0.25, -0.2) is 0 Å². The van der Waals surface area contributed by atoms with Gasteiger partial charge in [0.25, 0.3) is 5.69 Å². The van der Waals surface area contributed by atoms with Gasteiger partial charge in [-0.3, -0.25) is 15.0 Å². The number of rotatable bonds is 1. The van der Waals surface area contributed by atoms with Crippen molar-refractivity contribution in [1.29, 1.82) is 0 Å². The zero-order valence-electron chi connectivity index (χ0n) is 10.2. The SMILES string of the molecule is Cl.O=[N+]([O-])c1ccc2c(c1)CN1CCCCC1C2. The Morgan fingerprint density at radius 1 is 1.28 bits per heavy atom. The molecule has 98 valence electrons. The number of fused-ring (bicyclic) bond motifs is 2. The fourth-order valence-corrected chi connectivity index (χ4v) is 3.04. The topological polar surface area (TPSA) is 46.4 Å². The van der Waals surface area contributed by atoms with Gasteiger partial charge >= 0.3 is 0 Å². The van der Waals surface area contributed by atoms with Crippen LogP contribution in [0.5, 0.6) is 0 Å². The number of nitrogens with zero attached hydrogens (tertiary/aromatic N) is 2. The van der Waals surface area contributed by atoms with Crippen molar-refractivity contribution in [2.75, 3.05) is 6.54 Å². The zero-order valence-corrected chi connectivity index (χ0v) is 11.0. The molecule has 4 nitrogen and oxygen atoms in total. The number of nitro benzene ring substituents is 1. The molecule has 1 aromatic rings. The summed E-state index contributed by atoms with van der Waals surface area (Å²) < 4.78 is 0. The number of benzene rings is 1. The number of piperidine rings is 1. The normalized spacial score (nSPS) is 22.6. The predicted octanol–water partition coefficient (Wildman–Crippen LogP) is 2.93. The maximum atomic E-state index is 10.8. The third-order valence-corrected chi connectivity index (χ3v) is 3.98. The van der Waals surface area contributed by atoms with Crippen LogP contribution in [-0.4, -0.2) is 22.4 Å². The number of nitro groups is 1. The van der Waals surface area contributed by atoms with Gasteiger partial charge in [0.2, 0.25) is 0 Å². The second-order valence-electron chi connectivity index (χ2n) is 5.03. The molecule has 0 radical (unpaired) electrons. The Kier molecular flexibility index (Phi) is 3.88. The van der Waals surface area contributed by atoms with Gasteiger partial charge in [0.15, 0.2) is 0 Å². The molecule has 3 rings (SSSR count). The van der Waals surface area contributed by atoms with E-state index in [2.05, 4.69) is 4.90 Å². The van der Waals surface area contributed by atoms with Crippen molar-refractivity contribution in [3.05, 3.63) is 39.4 Å². The smallest absolute Gasteiger partial charge is 0.269 e. The Morgan fingerprint density at radius 2 is 2.11 bits per heavy atom. The summed E-state index contributed by atoms with van der Waals surface area (Å²) in [6.45, 7) is 2.04. The largest absolute Gasteiger partial charge is 0.296 e. The van der Waals surface area contributed by atoms with Crippen molar-refractivity contribution in [3.63, 3.8) is 0 Å². The summed E-state index contributed by atoms with van der Waals surface area (Å²) in [6, 6.07) is 5.99. The molecule has 0 N–H and O–H groups in total. The summed E-state index contributed by atoms with van der Waals surface area (Å²) in [6.07, 6.45) is 4.92. The van der Waals surface area contributed by atoms with Crippen molar-refractivity contribution in [2.24, 2.45) is 0 Å². The molecule has 0 amide bonds. The molecule has 0 spiro atoms. The second-order valence-corrected chi connectivity index (χ2v) is 5.03. The highest BCUT2D eigenvalue weighted by Crippen LogP contribution is 2.31. The van der Waals surface area contributed by atoms with E-state index in [1.807, 2.05) is 6.07 Å². The van der Waals surface area contributed by atoms with Crippen molar-refractivity contribution in [1.82, 2.24) is 4.90 Å². The lowest BCUT2D eigenvalue weighted by Gasteiger charge is -2.40. The molecular weight excluding hydrogens is 252 g/mol. The first-order valence-corrected chi connectivity index (χ1v) is 6.24. The molecule has 2 heterocycles. The van der Waals surface area contributed by atoms with E-state index < -0.39 is 0 Å². The van der Waals surface area contributed by atoms with Crippen LogP contribution in [0.4, 0.5) is 5.69 Å². The van der Waals surface area contributed by atoms with Gasteiger partial charge in [0, 0.05) is 24.7 Å². The molecule has 1 fully saturated rings. The van der Waals surface area contributed by atoms with Gasteiger partial charge in [0.1, 0.15) is 0 Å². The molecule has 18 heavy (non-hydrogen) atoms. The van der Waals surface area contributed by atoms with Crippen molar-refractivity contribution in [3.8, 4) is 0 Å². The molecule has 0 saturated carbocycles. The van der Waals surface area contributed by atoms with E-state index in [-0.39, 0.29) is 23.0 Å². The zero-order chi connectivity index (χ0) is 11.8. The summed E-state index contributed by atoms with van der Waals surface area (Å²) in [5.41, 5.74) is 2.68. The molecule has 2 aliphatic rings. The lowest BCUT2D eigenvalue weighted by atomic mass is 9.88. The van der Waals surface area contributed by atoms with E-state index in [1.54, 1.807) is 12.1 Å². The molecule has 5 heteroatoms. The van der Waals surface area contributed by atoms with Crippen LogP contribution in [0.3, 0.4) is 0 Å². The molecule has 1 aromatic carbocycles. The van der Waals surface area contributed by atoms with E-state index in [4.69, 9.17) is 0 Å². The molecule has 0 aliphatic carbocycles. The quantitative estimate of drug-likeness (QED) is 0.581. The Labute approximate surface area is 113 Å². The van der Waals surface area contributed by atoms with Gasteiger partial charge in [-0.2, -0.15) is 0 Å². The van der Waals surface area contributed by atoms with Crippen LogP contribution in [0.15, 0.2) is 18.2 Å². The average molecular weight is 269 g/mol. The predicted molar refractivity (Wildman–Crippen MR) is 72.1 cm³/mol. The summed E-state index contributed by atoms with van der Waals surface area (Å²) >= 11 is 0. The van der Waals surface area contributed by atoms with E-state index in [0.29, 0.717) is 6.04 Å². The third-order valence-electron chi connectivity index (χ3n) is 3.98. The maximum Gasteiger partial charge on any atom is 0.269 e. The highest BCUT2D eigenvalue weighted by molar-refractivity contribution is 5.85. The number of non-ortho nitro benzene ring substituents is 1. The Balaban J connectivity index is 0.00000120. The summed E-state index contributed by atoms with van der Waals surface area (Å²) in [7, 11) is 0. The van der Waals surface area contributed by atoms with Gasteiger partial charge in [-0.1, -0.05) is 12.5 Å². The van der Waals surface area contributed by atoms with E-state index in [9.17, 15) is 10.1 Å². The van der Waals surface area contributed by atoms with Gasteiger partial charge in [-0.15, -0.1) is 12.4 Å². The van der Waals surface area contributed by atoms with Gasteiger partial charge in [0.05, 0.1) is 4.92 Å². The fourth-order valence-electron chi connectivity index (χ4n) is 3.04. The number of halogens is 1. The first-order chi connectivity index (χ1) is 8.24. The monoisotopic (exact) mass is 268 g/mol. The van der Waals surface area contributed by atoms with E-state index in [1.165, 1.54) is 24.8 Å². The molecule has 1 atom stereocenters. The highest BCUT2D eigenvalue weighted by Gasteiger charge is 2.28. The minimum atomic E-state index is -0.303. The van der Waals surface area contributed by atoms with Crippen LogP contribution in [0.25, 0.3) is 0 Å². The Hall–Kier alpha value is -1.13. The first-order valence-electron chi connectivity index (χ1n) is 6.24. The van der Waals surface area contributed by atoms with E-state index >= 15 is 0 Å². The Morgan fingerprint density at radius 3 is 2.89 bits per heavy atom. The van der Waals surface area contributed by atoms with Crippen molar-refractivity contribution < 1.29 is 4.92 Å². The first kappa shape index (κ1) is 13.3. The summed E-state index contributed by atoms with van der Waals surface area (Å²) in [5, 5.41) is 10.8. The van der Waals surface area contributed by atoms with Crippen LogP contribution >= 0.6 is 12.4 Å².